The van der Waals surface area contributed by atoms with Crippen molar-refractivity contribution >= 4 is 35.8 Å². The van der Waals surface area contributed by atoms with E-state index in [1.165, 1.54) is 0 Å². The van der Waals surface area contributed by atoms with Crippen molar-refractivity contribution in [1.29, 1.82) is 0 Å². The summed E-state index contributed by atoms with van der Waals surface area (Å²) < 4.78 is 0. The normalized spacial score (nSPS) is 10.1. The van der Waals surface area contributed by atoms with Crippen molar-refractivity contribution in [3.05, 3.63) is 35.4 Å². The van der Waals surface area contributed by atoms with Gasteiger partial charge in [-0.25, -0.2) is 4.99 Å². The van der Waals surface area contributed by atoms with E-state index in [2.05, 4.69) is 26.9 Å². The number of carbonyl (C=O) groups is 1. The van der Waals surface area contributed by atoms with Gasteiger partial charge in [0.1, 0.15) is 0 Å². The second-order valence-electron chi connectivity index (χ2n) is 4.31. The van der Waals surface area contributed by atoms with Gasteiger partial charge in [-0.2, -0.15) is 0 Å². The number of terminal acetylenes is 1. The van der Waals surface area contributed by atoms with Crippen LogP contribution in [0, 0.1) is 12.3 Å². The molecular weight excluding hydrogens is 391 g/mol. The van der Waals surface area contributed by atoms with Crippen molar-refractivity contribution in [2.45, 2.75) is 20.4 Å². The highest BCUT2D eigenvalue weighted by Crippen LogP contribution is 2.06. The first-order chi connectivity index (χ1) is 10.2. The van der Waals surface area contributed by atoms with Crippen molar-refractivity contribution in [2.24, 2.45) is 4.99 Å². The standard InChI is InChI=1S/C16H22N4O.HI/c1-4-10-19-16(18-6-3)20-12-13-8-7-9-14(11-13)15(21)17-5-2;/h1,7-9,11H,5-6,10,12H2,2-3H3,(H,17,21)(H2,18,19,20);1H. The van der Waals surface area contributed by atoms with E-state index < -0.39 is 0 Å². The van der Waals surface area contributed by atoms with E-state index in [4.69, 9.17) is 6.42 Å². The first-order valence-corrected chi connectivity index (χ1v) is 7.04. The molecule has 0 saturated heterocycles. The third-order valence-electron chi connectivity index (χ3n) is 2.65. The molecule has 5 nitrogen and oxygen atoms in total. The van der Waals surface area contributed by atoms with E-state index in [1.807, 2.05) is 32.0 Å². The van der Waals surface area contributed by atoms with Gasteiger partial charge in [0, 0.05) is 18.7 Å². The molecule has 6 heteroatoms. The fourth-order valence-corrected chi connectivity index (χ4v) is 1.72. The first kappa shape index (κ1) is 20.2. The van der Waals surface area contributed by atoms with E-state index in [0.29, 0.717) is 31.2 Å². The Morgan fingerprint density at radius 1 is 1.23 bits per heavy atom. The predicted molar refractivity (Wildman–Crippen MR) is 102 cm³/mol. The fourth-order valence-electron chi connectivity index (χ4n) is 1.72. The van der Waals surface area contributed by atoms with Crippen molar-refractivity contribution in [3.8, 4) is 12.3 Å². The van der Waals surface area contributed by atoms with E-state index >= 15 is 0 Å². The average Bonchev–Trinajstić information content (AvgIpc) is 2.50. The number of carbonyl (C=O) groups excluding carboxylic acids is 1. The van der Waals surface area contributed by atoms with Crippen LogP contribution in [-0.4, -0.2) is 31.5 Å². The van der Waals surface area contributed by atoms with Gasteiger partial charge in [-0.05, 0) is 31.5 Å². The van der Waals surface area contributed by atoms with Gasteiger partial charge in [0.2, 0.25) is 0 Å². The van der Waals surface area contributed by atoms with E-state index in [0.717, 1.165) is 12.1 Å². The molecule has 0 bridgehead atoms. The topological polar surface area (TPSA) is 65.5 Å². The third-order valence-corrected chi connectivity index (χ3v) is 2.65. The molecule has 0 aliphatic carbocycles. The number of guanidine groups is 1. The van der Waals surface area contributed by atoms with Crippen LogP contribution in [0.25, 0.3) is 0 Å². The third kappa shape index (κ3) is 7.31. The number of aliphatic imine (C=N–C) groups is 1. The molecule has 1 aromatic rings. The Labute approximate surface area is 149 Å². The van der Waals surface area contributed by atoms with E-state index in [9.17, 15) is 4.79 Å². The molecule has 0 aromatic heterocycles. The maximum Gasteiger partial charge on any atom is 0.251 e. The highest BCUT2D eigenvalue weighted by atomic mass is 127. The highest BCUT2D eigenvalue weighted by molar-refractivity contribution is 14.0. The van der Waals surface area contributed by atoms with Crippen LogP contribution in [0.2, 0.25) is 0 Å². The molecule has 0 spiro atoms. The molecule has 0 aliphatic heterocycles. The Hall–Kier alpha value is -1.75. The summed E-state index contributed by atoms with van der Waals surface area (Å²) >= 11 is 0. The molecule has 0 aliphatic rings. The van der Waals surface area contributed by atoms with E-state index in [-0.39, 0.29) is 29.9 Å². The number of amides is 1. The molecule has 1 aromatic carbocycles. The average molecular weight is 414 g/mol. The number of rotatable bonds is 6. The summed E-state index contributed by atoms with van der Waals surface area (Å²) in [6.45, 7) is 6.16. The molecule has 0 radical (unpaired) electrons. The van der Waals surface area contributed by atoms with Gasteiger partial charge in [0.15, 0.2) is 5.96 Å². The molecule has 0 heterocycles. The van der Waals surface area contributed by atoms with Crippen molar-refractivity contribution < 1.29 is 4.79 Å². The number of hydrogen-bond donors (Lipinski definition) is 3. The van der Waals surface area contributed by atoms with Gasteiger partial charge in [-0.1, -0.05) is 18.1 Å². The Bertz CT molecular complexity index is 537. The number of benzene rings is 1. The minimum absolute atomic E-state index is 0. The van der Waals surface area contributed by atoms with Crippen LogP contribution < -0.4 is 16.0 Å². The van der Waals surface area contributed by atoms with Crippen molar-refractivity contribution in [3.63, 3.8) is 0 Å². The van der Waals surface area contributed by atoms with Gasteiger partial charge in [0.05, 0.1) is 13.1 Å². The predicted octanol–water partition coefficient (Wildman–Crippen LogP) is 1.74. The lowest BCUT2D eigenvalue weighted by molar-refractivity contribution is 0.0955. The molecule has 0 atom stereocenters. The fraction of sp³-hybridized carbons (Fsp3) is 0.375. The summed E-state index contributed by atoms with van der Waals surface area (Å²) in [5, 5.41) is 8.91. The van der Waals surface area contributed by atoms with Gasteiger partial charge >= 0.3 is 0 Å². The lowest BCUT2D eigenvalue weighted by atomic mass is 10.1. The van der Waals surface area contributed by atoms with Crippen LogP contribution in [0.4, 0.5) is 0 Å². The van der Waals surface area contributed by atoms with Crippen LogP contribution >= 0.6 is 24.0 Å². The second-order valence-corrected chi connectivity index (χ2v) is 4.31. The molecule has 0 unspecified atom stereocenters. The largest absolute Gasteiger partial charge is 0.357 e. The Balaban J connectivity index is 0.00000441. The SMILES string of the molecule is C#CCNC(=NCc1cccc(C(=O)NCC)c1)NCC.I. The first-order valence-electron chi connectivity index (χ1n) is 7.04. The summed E-state index contributed by atoms with van der Waals surface area (Å²) in [4.78, 5) is 16.2. The van der Waals surface area contributed by atoms with Gasteiger partial charge in [0.25, 0.3) is 5.91 Å². The second kappa shape index (κ2) is 11.9. The van der Waals surface area contributed by atoms with Gasteiger partial charge in [-0.3, -0.25) is 4.79 Å². The van der Waals surface area contributed by atoms with Crippen molar-refractivity contribution in [2.75, 3.05) is 19.6 Å². The van der Waals surface area contributed by atoms with E-state index in [1.54, 1.807) is 6.07 Å². The molecule has 120 valence electrons. The Kier molecular flexibility index (Phi) is 10.9. The molecule has 0 saturated carbocycles. The minimum Gasteiger partial charge on any atom is -0.357 e. The summed E-state index contributed by atoms with van der Waals surface area (Å²) in [5.41, 5.74) is 1.61. The summed E-state index contributed by atoms with van der Waals surface area (Å²) in [6.07, 6.45) is 5.22. The quantitative estimate of drug-likeness (QED) is 0.288. The molecule has 3 N–H and O–H groups in total. The highest BCUT2D eigenvalue weighted by Gasteiger charge is 2.04. The monoisotopic (exact) mass is 414 g/mol. The number of halogens is 1. The molecule has 22 heavy (non-hydrogen) atoms. The van der Waals surface area contributed by atoms with Crippen LogP contribution in [0.15, 0.2) is 29.3 Å². The van der Waals surface area contributed by atoms with Crippen molar-refractivity contribution in [1.82, 2.24) is 16.0 Å². The number of hydrogen-bond acceptors (Lipinski definition) is 2. The maximum atomic E-state index is 11.8. The molecular formula is C16H23IN4O. The maximum absolute atomic E-state index is 11.8. The smallest absolute Gasteiger partial charge is 0.251 e. The minimum atomic E-state index is -0.0688. The van der Waals surface area contributed by atoms with Crippen LogP contribution in [0.3, 0.4) is 0 Å². The zero-order chi connectivity index (χ0) is 15.5. The Morgan fingerprint density at radius 2 is 1.95 bits per heavy atom. The van der Waals surface area contributed by atoms with Gasteiger partial charge in [-0.15, -0.1) is 30.4 Å². The number of nitrogens with zero attached hydrogens (tertiary/aromatic N) is 1. The summed E-state index contributed by atoms with van der Waals surface area (Å²) in [5.74, 6) is 3.10. The lowest BCUT2D eigenvalue weighted by Crippen LogP contribution is -2.37. The lowest BCUT2D eigenvalue weighted by Gasteiger charge is -2.09. The Morgan fingerprint density at radius 3 is 2.59 bits per heavy atom. The molecule has 1 rings (SSSR count). The summed E-state index contributed by atoms with van der Waals surface area (Å²) in [6, 6.07) is 7.44. The summed E-state index contributed by atoms with van der Waals surface area (Å²) in [7, 11) is 0. The van der Waals surface area contributed by atoms with Crippen LogP contribution in [0.5, 0.6) is 0 Å². The molecule has 1 amide bonds. The van der Waals surface area contributed by atoms with Crippen LogP contribution in [-0.2, 0) is 6.54 Å². The molecule has 0 fully saturated rings. The zero-order valence-corrected chi connectivity index (χ0v) is 15.3. The van der Waals surface area contributed by atoms with Gasteiger partial charge < -0.3 is 16.0 Å². The zero-order valence-electron chi connectivity index (χ0n) is 13.0. The van der Waals surface area contributed by atoms with Crippen LogP contribution in [0.1, 0.15) is 29.8 Å². The number of nitrogens with one attached hydrogen (secondary N) is 3.